The lowest BCUT2D eigenvalue weighted by Gasteiger charge is -2.37. The first-order valence-electron chi connectivity index (χ1n) is 9.23. The Hall–Kier alpha value is -1.52. The first-order chi connectivity index (χ1) is 11.2. The molecule has 23 heavy (non-hydrogen) atoms. The highest BCUT2D eigenvalue weighted by Gasteiger charge is 2.29. The van der Waals surface area contributed by atoms with E-state index in [1.54, 1.807) is 0 Å². The van der Waals surface area contributed by atoms with Crippen molar-refractivity contribution in [3.8, 4) is 0 Å². The van der Waals surface area contributed by atoms with Crippen molar-refractivity contribution < 1.29 is 9.59 Å². The summed E-state index contributed by atoms with van der Waals surface area (Å²) in [6.07, 6.45) is 13.1. The van der Waals surface area contributed by atoms with Crippen molar-refractivity contribution in [1.82, 2.24) is 15.1 Å². The zero-order valence-electron chi connectivity index (χ0n) is 14.0. The maximum atomic E-state index is 12.5. The maximum Gasteiger partial charge on any atom is 0.317 e. The van der Waals surface area contributed by atoms with Crippen LogP contribution in [0.2, 0.25) is 0 Å². The molecule has 3 aliphatic rings. The second kappa shape index (κ2) is 7.84. The van der Waals surface area contributed by atoms with Gasteiger partial charge in [-0.25, -0.2) is 4.79 Å². The molecule has 0 spiro atoms. The van der Waals surface area contributed by atoms with E-state index in [1.165, 1.54) is 19.3 Å². The third kappa shape index (κ3) is 4.27. The topological polar surface area (TPSA) is 52.7 Å². The van der Waals surface area contributed by atoms with E-state index in [9.17, 15) is 9.59 Å². The minimum atomic E-state index is 0.0598. The van der Waals surface area contributed by atoms with Crippen molar-refractivity contribution in [3.05, 3.63) is 12.2 Å². The molecule has 0 bridgehead atoms. The van der Waals surface area contributed by atoms with E-state index in [0.717, 1.165) is 32.1 Å². The molecule has 2 aliphatic carbocycles. The van der Waals surface area contributed by atoms with Gasteiger partial charge in [-0.15, -0.1) is 0 Å². The van der Waals surface area contributed by atoms with E-state index in [1.807, 2.05) is 9.80 Å². The Morgan fingerprint density at radius 1 is 0.870 bits per heavy atom. The van der Waals surface area contributed by atoms with Crippen LogP contribution in [0.5, 0.6) is 0 Å². The monoisotopic (exact) mass is 319 g/mol. The summed E-state index contributed by atoms with van der Waals surface area (Å²) in [6.45, 7) is 2.67. The zero-order valence-corrected chi connectivity index (χ0v) is 14.0. The van der Waals surface area contributed by atoms with Crippen LogP contribution in [0.25, 0.3) is 0 Å². The van der Waals surface area contributed by atoms with E-state index in [4.69, 9.17) is 0 Å². The fourth-order valence-corrected chi connectivity index (χ4v) is 3.92. The number of hydrogen-bond donors (Lipinski definition) is 1. The number of carbonyl (C=O) groups is 2. The smallest absolute Gasteiger partial charge is 0.317 e. The molecular weight excluding hydrogens is 290 g/mol. The Morgan fingerprint density at radius 2 is 1.57 bits per heavy atom. The Kier molecular flexibility index (Phi) is 5.57. The van der Waals surface area contributed by atoms with Gasteiger partial charge in [-0.3, -0.25) is 4.79 Å². The Bertz CT molecular complexity index is 449. The van der Waals surface area contributed by atoms with Crippen molar-refractivity contribution in [1.29, 1.82) is 0 Å². The first-order valence-corrected chi connectivity index (χ1v) is 9.23. The van der Waals surface area contributed by atoms with Gasteiger partial charge in [0, 0.05) is 38.1 Å². The number of amides is 3. The fraction of sp³-hybridized carbons (Fsp3) is 0.778. The molecule has 128 valence electrons. The molecule has 0 radical (unpaired) electrons. The number of hydrogen-bond acceptors (Lipinski definition) is 2. The summed E-state index contributed by atoms with van der Waals surface area (Å²) in [5.41, 5.74) is 0. The molecule has 0 aromatic heterocycles. The molecule has 5 nitrogen and oxygen atoms in total. The molecule has 3 rings (SSSR count). The van der Waals surface area contributed by atoms with Crippen LogP contribution in [0, 0.1) is 5.92 Å². The summed E-state index contributed by atoms with van der Waals surface area (Å²) in [5, 5.41) is 3.17. The van der Waals surface area contributed by atoms with E-state index in [2.05, 4.69) is 17.5 Å². The number of rotatable bonds is 2. The van der Waals surface area contributed by atoms with Crippen molar-refractivity contribution in [2.45, 2.75) is 57.4 Å². The van der Waals surface area contributed by atoms with Crippen molar-refractivity contribution >= 4 is 11.9 Å². The number of allylic oxidation sites excluding steroid dienone is 2. The number of piperazine rings is 1. The van der Waals surface area contributed by atoms with E-state index >= 15 is 0 Å². The average molecular weight is 319 g/mol. The highest BCUT2D eigenvalue weighted by Crippen LogP contribution is 2.21. The summed E-state index contributed by atoms with van der Waals surface area (Å²) in [5.74, 6) is 0.435. The second-order valence-electron chi connectivity index (χ2n) is 7.08. The molecule has 1 atom stereocenters. The van der Waals surface area contributed by atoms with Crippen LogP contribution in [0.3, 0.4) is 0 Å². The number of carbonyl (C=O) groups excluding carboxylic acids is 2. The highest BCUT2D eigenvalue weighted by molar-refractivity contribution is 5.80. The zero-order chi connectivity index (χ0) is 16.1. The highest BCUT2D eigenvalue weighted by atomic mass is 16.2. The van der Waals surface area contributed by atoms with Gasteiger partial charge in [0.2, 0.25) is 5.91 Å². The lowest BCUT2D eigenvalue weighted by molar-refractivity contribution is -0.137. The van der Waals surface area contributed by atoms with Crippen molar-refractivity contribution in [3.63, 3.8) is 0 Å². The third-order valence-electron chi connectivity index (χ3n) is 5.43. The first kappa shape index (κ1) is 16.3. The molecule has 1 heterocycles. The van der Waals surface area contributed by atoms with Gasteiger partial charge in [0.25, 0.3) is 0 Å². The van der Waals surface area contributed by atoms with Gasteiger partial charge < -0.3 is 15.1 Å². The Morgan fingerprint density at radius 3 is 2.22 bits per heavy atom. The molecule has 1 saturated heterocycles. The van der Waals surface area contributed by atoms with Crippen LogP contribution < -0.4 is 5.32 Å². The number of urea groups is 1. The molecule has 2 fully saturated rings. The SMILES string of the molecule is O=C(NC1CCCCC1)N1CCN(C(=O)[C@H]2CC=CCC2)CC1. The standard InChI is InChI=1S/C18H29N3O2/c22-17(15-7-3-1-4-8-15)20-11-13-21(14-12-20)18(23)19-16-9-5-2-6-10-16/h1,3,15-16H,2,4-14H2,(H,19,23)/t15-/m0/s1. The molecule has 1 aliphatic heterocycles. The number of nitrogens with zero attached hydrogens (tertiary/aromatic N) is 2. The van der Waals surface area contributed by atoms with Crippen LogP contribution in [-0.2, 0) is 4.79 Å². The van der Waals surface area contributed by atoms with Crippen LogP contribution in [0.4, 0.5) is 4.79 Å². The van der Waals surface area contributed by atoms with E-state index in [0.29, 0.717) is 32.2 Å². The van der Waals surface area contributed by atoms with Gasteiger partial charge in [0.15, 0.2) is 0 Å². The molecule has 0 unspecified atom stereocenters. The van der Waals surface area contributed by atoms with Crippen molar-refractivity contribution in [2.24, 2.45) is 5.92 Å². The average Bonchev–Trinajstić information content (AvgIpc) is 2.63. The Labute approximate surface area is 139 Å². The number of nitrogens with one attached hydrogen (secondary N) is 1. The fourth-order valence-electron chi connectivity index (χ4n) is 3.92. The predicted molar refractivity (Wildman–Crippen MR) is 90.0 cm³/mol. The predicted octanol–water partition coefficient (Wildman–Crippen LogP) is 2.53. The molecular formula is C18H29N3O2. The molecule has 0 aromatic carbocycles. The van der Waals surface area contributed by atoms with Gasteiger partial charge in [0.05, 0.1) is 0 Å². The molecule has 1 N–H and O–H groups in total. The normalized spacial score (nSPS) is 26.2. The summed E-state index contributed by atoms with van der Waals surface area (Å²) in [4.78, 5) is 28.7. The summed E-state index contributed by atoms with van der Waals surface area (Å²) in [7, 11) is 0. The quantitative estimate of drug-likeness (QED) is 0.795. The molecule has 1 saturated carbocycles. The Balaban J connectivity index is 1.43. The van der Waals surface area contributed by atoms with Gasteiger partial charge in [-0.2, -0.15) is 0 Å². The van der Waals surface area contributed by atoms with Gasteiger partial charge in [-0.05, 0) is 32.1 Å². The minimum Gasteiger partial charge on any atom is -0.339 e. The molecule has 3 amide bonds. The van der Waals surface area contributed by atoms with Crippen LogP contribution in [0.1, 0.15) is 51.4 Å². The minimum absolute atomic E-state index is 0.0598. The molecule has 0 aromatic rings. The van der Waals surface area contributed by atoms with Crippen molar-refractivity contribution in [2.75, 3.05) is 26.2 Å². The lowest BCUT2D eigenvalue weighted by atomic mass is 9.93. The van der Waals surface area contributed by atoms with Gasteiger partial charge in [0.1, 0.15) is 0 Å². The maximum absolute atomic E-state index is 12.5. The molecule has 5 heteroatoms. The van der Waals surface area contributed by atoms with Crippen LogP contribution >= 0.6 is 0 Å². The third-order valence-corrected chi connectivity index (χ3v) is 5.43. The van der Waals surface area contributed by atoms with Gasteiger partial charge in [-0.1, -0.05) is 31.4 Å². The van der Waals surface area contributed by atoms with Gasteiger partial charge >= 0.3 is 6.03 Å². The summed E-state index contributed by atoms with van der Waals surface area (Å²) in [6, 6.07) is 0.412. The second-order valence-corrected chi connectivity index (χ2v) is 7.08. The largest absolute Gasteiger partial charge is 0.339 e. The lowest BCUT2D eigenvalue weighted by Crippen LogP contribution is -2.55. The van der Waals surface area contributed by atoms with E-state index < -0.39 is 0 Å². The summed E-state index contributed by atoms with van der Waals surface area (Å²) < 4.78 is 0. The van der Waals surface area contributed by atoms with E-state index in [-0.39, 0.29) is 17.9 Å². The van der Waals surface area contributed by atoms with Crippen LogP contribution in [0.15, 0.2) is 12.2 Å². The van der Waals surface area contributed by atoms with Crippen LogP contribution in [-0.4, -0.2) is 54.0 Å². The summed E-state index contributed by atoms with van der Waals surface area (Å²) >= 11 is 0.